The van der Waals surface area contributed by atoms with Gasteiger partial charge in [-0.05, 0) is 43.1 Å². The second-order valence-corrected chi connectivity index (χ2v) is 5.41. The van der Waals surface area contributed by atoms with Gasteiger partial charge in [0.15, 0.2) is 0 Å². The number of hydrogen-bond acceptors (Lipinski definition) is 2. The SMILES string of the molecule is Cc1ccccc1CNCCCc1nc2ccccc2[nH]1. The quantitative estimate of drug-likeness (QED) is 0.677. The number of para-hydroxylation sites is 2. The standard InChI is InChI=1S/C18H21N3/c1-14-7-2-3-8-15(14)13-19-12-6-11-18-20-16-9-4-5-10-17(16)21-18/h2-5,7-10,19H,6,11-13H2,1H3,(H,20,21). The molecule has 1 aromatic heterocycles. The predicted octanol–water partition coefficient (Wildman–Crippen LogP) is 3.59. The lowest BCUT2D eigenvalue weighted by Crippen LogP contribution is -2.16. The van der Waals surface area contributed by atoms with Gasteiger partial charge in [0.1, 0.15) is 5.82 Å². The van der Waals surface area contributed by atoms with E-state index < -0.39 is 0 Å². The van der Waals surface area contributed by atoms with Gasteiger partial charge in [-0.1, -0.05) is 36.4 Å². The smallest absolute Gasteiger partial charge is 0.107 e. The molecule has 0 atom stereocenters. The molecule has 3 heteroatoms. The summed E-state index contributed by atoms with van der Waals surface area (Å²) in [5.41, 5.74) is 4.91. The van der Waals surface area contributed by atoms with Crippen LogP contribution in [0.15, 0.2) is 48.5 Å². The van der Waals surface area contributed by atoms with E-state index >= 15 is 0 Å². The van der Waals surface area contributed by atoms with Crippen LogP contribution in [-0.4, -0.2) is 16.5 Å². The third-order valence-corrected chi connectivity index (χ3v) is 3.78. The Hall–Kier alpha value is -2.13. The molecule has 108 valence electrons. The van der Waals surface area contributed by atoms with Gasteiger partial charge >= 0.3 is 0 Å². The molecule has 3 nitrogen and oxygen atoms in total. The Balaban J connectivity index is 1.45. The van der Waals surface area contributed by atoms with E-state index in [-0.39, 0.29) is 0 Å². The van der Waals surface area contributed by atoms with Crippen molar-refractivity contribution >= 4 is 11.0 Å². The number of nitrogens with zero attached hydrogens (tertiary/aromatic N) is 1. The summed E-state index contributed by atoms with van der Waals surface area (Å²) in [6.45, 7) is 4.10. The second kappa shape index (κ2) is 6.55. The first-order chi connectivity index (χ1) is 10.3. The average molecular weight is 279 g/mol. The maximum Gasteiger partial charge on any atom is 0.107 e. The molecule has 0 saturated heterocycles. The van der Waals surface area contributed by atoms with Crippen LogP contribution in [0.1, 0.15) is 23.4 Å². The molecule has 0 bridgehead atoms. The zero-order chi connectivity index (χ0) is 14.5. The zero-order valence-electron chi connectivity index (χ0n) is 12.4. The molecule has 0 aliphatic heterocycles. The van der Waals surface area contributed by atoms with E-state index in [0.29, 0.717) is 0 Å². The molecule has 0 spiro atoms. The summed E-state index contributed by atoms with van der Waals surface area (Å²) < 4.78 is 0. The maximum atomic E-state index is 4.60. The van der Waals surface area contributed by atoms with E-state index in [0.717, 1.165) is 42.8 Å². The number of rotatable bonds is 6. The van der Waals surface area contributed by atoms with Crippen LogP contribution in [0.2, 0.25) is 0 Å². The Kier molecular flexibility index (Phi) is 4.31. The number of aromatic nitrogens is 2. The molecule has 2 N–H and O–H groups in total. The highest BCUT2D eigenvalue weighted by molar-refractivity contribution is 5.74. The fourth-order valence-corrected chi connectivity index (χ4v) is 2.54. The van der Waals surface area contributed by atoms with Crippen molar-refractivity contribution < 1.29 is 0 Å². The Morgan fingerprint density at radius 1 is 1.05 bits per heavy atom. The van der Waals surface area contributed by atoms with Crippen LogP contribution in [0.5, 0.6) is 0 Å². The molecule has 2 aromatic carbocycles. The van der Waals surface area contributed by atoms with Gasteiger partial charge < -0.3 is 10.3 Å². The number of aromatic amines is 1. The minimum Gasteiger partial charge on any atom is -0.342 e. The van der Waals surface area contributed by atoms with Crippen molar-refractivity contribution in [1.29, 1.82) is 0 Å². The summed E-state index contributed by atoms with van der Waals surface area (Å²) in [6.07, 6.45) is 2.07. The highest BCUT2D eigenvalue weighted by Gasteiger charge is 2.01. The van der Waals surface area contributed by atoms with Crippen molar-refractivity contribution in [2.24, 2.45) is 0 Å². The minimum absolute atomic E-state index is 0.937. The van der Waals surface area contributed by atoms with Gasteiger partial charge in [0.05, 0.1) is 11.0 Å². The molecule has 1 heterocycles. The fourth-order valence-electron chi connectivity index (χ4n) is 2.54. The Bertz CT molecular complexity index is 682. The first-order valence-corrected chi connectivity index (χ1v) is 7.52. The van der Waals surface area contributed by atoms with E-state index in [1.54, 1.807) is 0 Å². The van der Waals surface area contributed by atoms with Crippen molar-refractivity contribution in [2.45, 2.75) is 26.3 Å². The third kappa shape index (κ3) is 3.50. The highest BCUT2D eigenvalue weighted by atomic mass is 14.9. The summed E-state index contributed by atoms with van der Waals surface area (Å²) in [6, 6.07) is 16.7. The predicted molar refractivity (Wildman–Crippen MR) is 87.3 cm³/mol. The molecule has 21 heavy (non-hydrogen) atoms. The summed E-state index contributed by atoms with van der Waals surface area (Å²) >= 11 is 0. The molecule has 0 radical (unpaired) electrons. The lowest BCUT2D eigenvalue weighted by molar-refractivity contribution is 0.640. The average Bonchev–Trinajstić information content (AvgIpc) is 2.91. The number of nitrogens with one attached hydrogen (secondary N) is 2. The van der Waals surface area contributed by atoms with Gasteiger partial charge in [-0.15, -0.1) is 0 Å². The van der Waals surface area contributed by atoms with Crippen molar-refractivity contribution in [3.8, 4) is 0 Å². The van der Waals surface area contributed by atoms with E-state index in [1.807, 2.05) is 18.2 Å². The summed E-state index contributed by atoms with van der Waals surface area (Å²) in [7, 11) is 0. The van der Waals surface area contributed by atoms with Gasteiger partial charge in [-0.2, -0.15) is 0 Å². The Morgan fingerprint density at radius 3 is 2.71 bits per heavy atom. The van der Waals surface area contributed by atoms with Crippen molar-refractivity contribution in [3.05, 3.63) is 65.5 Å². The van der Waals surface area contributed by atoms with Gasteiger partial charge in [0.25, 0.3) is 0 Å². The van der Waals surface area contributed by atoms with Crippen LogP contribution < -0.4 is 5.32 Å². The van der Waals surface area contributed by atoms with Crippen molar-refractivity contribution in [2.75, 3.05) is 6.54 Å². The van der Waals surface area contributed by atoms with Crippen LogP contribution in [0.3, 0.4) is 0 Å². The highest BCUT2D eigenvalue weighted by Crippen LogP contribution is 2.11. The van der Waals surface area contributed by atoms with Crippen LogP contribution in [0.4, 0.5) is 0 Å². The number of benzene rings is 2. The van der Waals surface area contributed by atoms with E-state index in [9.17, 15) is 0 Å². The van der Waals surface area contributed by atoms with Crippen molar-refractivity contribution in [3.63, 3.8) is 0 Å². The summed E-state index contributed by atoms with van der Waals surface area (Å²) in [5.74, 6) is 1.08. The molecule has 0 saturated carbocycles. The van der Waals surface area contributed by atoms with Gasteiger partial charge in [0, 0.05) is 13.0 Å². The molecule has 0 fully saturated rings. The molecular weight excluding hydrogens is 258 g/mol. The van der Waals surface area contributed by atoms with Gasteiger partial charge in [-0.25, -0.2) is 4.98 Å². The number of hydrogen-bond donors (Lipinski definition) is 2. The summed E-state index contributed by atoms with van der Waals surface area (Å²) in [4.78, 5) is 7.97. The molecule has 3 aromatic rings. The van der Waals surface area contributed by atoms with Crippen LogP contribution >= 0.6 is 0 Å². The van der Waals surface area contributed by atoms with Gasteiger partial charge in [-0.3, -0.25) is 0 Å². The normalized spacial score (nSPS) is 11.1. The summed E-state index contributed by atoms with van der Waals surface area (Å²) in [5, 5.41) is 3.50. The third-order valence-electron chi connectivity index (χ3n) is 3.78. The lowest BCUT2D eigenvalue weighted by Gasteiger charge is -2.06. The van der Waals surface area contributed by atoms with E-state index in [2.05, 4.69) is 52.5 Å². The van der Waals surface area contributed by atoms with Gasteiger partial charge in [0.2, 0.25) is 0 Å². The number of aryl methyl sites for hydroxylation is 2. The molecule has 0 aliphatic carbocycles. The molecule has 0 aliphatic rings. The zero-order valence-corrected chi connectivity index (χ0v) is 12.4. The monoisotopic (exact) mass is 279 g/mol. The maximum absolute atomic E-state index is 4.60. The van der Waals surface area contributed by atoms with E-state index in [1.165, 1.54) is 11.1 Å². The fraction of sp³-hybridized carbons (Fsp3) is 0.278. The van der Waals surface area contributed by atoms with Crippen LogP contribution in [0.25, 0.3) is 11.0 Å². The second-order valence-electron chi connectivity index (χ2n) is 5.41. The minimum atomic E-state index is 0.937. The first-order valence-electron chi connectivity index (χ1n) is 7.52. The number of imidazole rings is 1. The topological polar surface area (TPSA) is 40.7 Å². The largest absolute Gasteiger partial charge is 0.342 e. The lowest BCUT2D eigenvalue weighted by atomic mass is 10.1. The van der Waals surface area contributed by atoms with Crippen molar-refractivity contribution in [1.82, 2.24) is 15.3 Å². The Labute approximate surface area is 125 Å². The first kappa shape index (κ1) is 13.8. The van der Waals surface area contributed by atoms with Crippen LogP contribution in [0, 0.1) is 6.92 Å². The molecular formula is C18H21N3. The van der Waals surface area contributed by atoms with E-state index in [4.69, 9.17) is 0 Å². The molecule has 0 unspecified atom stereocenters. The number of fused-ring (bicyclic) bond motifs is 1. The number of H-pyrrole nitrogens is 1. The molecule has 3 rings (SSSR count). The van der Waals surface area contributed by atoms with Crippen LogP contribution in [-0.2, 0) is 13.0 Å². The molecule has 0 amide bonds. The Morgan fingerprint density at radius 2 is 1.86 bits per heavy atom.